The van der Waals surface area contributed by atoms with Gasteiger partial charge in [0.2, 0.25) is 0 Å². The summed E-state index contributed by atoms with van der Waals surface area (Å²) in [7, 11) is 0. The fourth-order valence-electron chi connectivity index (χ4n) is 1.44. The van der Waals surface area contributed by atoms with E-state index in [0.717, 1.165) is 5.56 Å². The van der Waals surface area contributed by atoms with Crippen molar-refractivity contribution in [2.75, 3.05) is 11.9 Å². The van der Waals surface area contributed by atoms with Crippen LogP contribution in [0.3, 0.4) is 0 Å². The number of aliphatic hydroxyl groups is 1. The SMILES string of the molecule is Cc1noc(NC(=O)c2ccc(C#CCCO)cc2)n1. The van der Waals surface area contributed by atoms with E-state index in [2.05, 4.69) is 27.3 Å². The number of benzene rings is 1. The molecule has 0 fully saturated rings. The van der Waals surface area contributed by atoms with Crippen LogP contribution in [-0.2, 0) is 0 Å². The smallest absolute Gasteiger partial charge is 0.328 e. The molecular weight excluding hydrogens is 258 g/mol. The van der Waals surface area contributed by atoms with Crippen molar-refractivity contribution in [2.24, 2.45) is 0 Å². The van der Waals surface area contributed by atoms with Gasteiger partial charge >= 0.3 is 6.01 Å². The van der Waals surface area contributed by atoms with Crippen LogP contribution in [0.5, 0.6) is 0 Å². The highest BCUT2D eigenvalue weighted by atomic mass is 16.5. The van der Waals surface area contributed by atoms with Gasteiger partial charge in [-0.15, -0.1) is 0 Å². The summed E-state index contributed by atoms with van der Waals surface area (Å²) in [5.41, 5.74) is 1.25. The zero-order valence-electron chi connectivity index (χ0n) is 10.9. The molecule has 6 nitrogen and oxygen atoms in total. The molecule has 1 aromatic carbocycles. The molecule has 0 aliphatic heterocycles. The minimum atomic E-state index is -0.330. The van der Waals surface area contributed by atoms with Crippen LogP contribution < -0.4 is 5.32 Å². The number of rotatable bonds is 3. The van der Waals surface area contributed by atoms with Crippen molar-refractivity contribution >= 4 is 11.9 Å². The molecule has 0 saturated heterocycles. The van der Waals surface area contributed by atoms with Gasteiger partial charge in [0, 0.05) is 17.5 Å². The summed E-state index contributed by atoms with van der Waals surface area (Å²) < 4.78 is 4.81. The largest absolute Gasteiger partial charge is 0.395 e. The summed E-state index contributed by atoms with van der Waals surface area (Å²) in [4.78, 5) is 15.8. The van der Waals surface area contributed by atoms with Crippen molar-refractivity contribution < 1.29 is 14.4 Å². The fraction of sp³-hybridized carbons (Fsp3) is 0.214. The molecule has 1 amide bonds. The zero-order valence-corrected chi connectivity index (χ0v) is 10.9. The maximum atomic E-state index is 11.9. The molecule has 0 atom stereocenters. The summed E-state index contributed by atoms with van der Waals surface area (Å²) in [5, 5.41) is 14.7. The van der Waals surface area contributed by atoms with Gasteiger partial charge in [0.05, 0.1) is 6.61 Å². The monoisotopic (exact) mass is 271 g/mol. The lowest BCUT2D eigenvalue weighted by Crippen LogP contribution is -2.12. The van der Waals surface area contributed by atoms with Crippen molar-refractivity contribution in [2.45, 2.75) is 13.3 Å². The molecule has 1 aromatic heterocycles. The molecule has 20 heavy (non-hydrogen) atoms. The van der Waals surface area contributed by atoms with Crippen molar-refractivity contribution in [3.8, 4) is 11.8 Å². The third kappa shape index (κ3) is 3.67. The summed E-state index contributed by atoms with van der Waals surface area (Å²) in [6, 6.07) is 6.85. The van der Waals surface area contributed by atoms with Crippen LogP contribution >= 0.6 is 0 Å². The van der Waals surface area contributed by atoms with E-state index >= 15 is 0 Å². The second-order valence-corrected chi connectivity index (χ2v) is 3.95. The number of carbonyl (C=O) groups excluding carboxylic acids is 1. The topological polar surface area (TPSA) is 88.2 Å². The van der Waals surface area contributed by atoms with Gasteiger partial charge in [0.1, 0.15) is 0 Å². The van der Waals surface area contributed by atoms with E-state index < -0.39 is 0 Å². The molecule has 2 aromatic rings. The van der Waals surface area contributed by atoms with Crippen LogP contribution in [0.15, 0.2) is 28.8 Å². The predicted octanol–water partition coefficient (Wildman–Crippen LogP) is 1.36. The Hall–Kier alpha value is -2.65. The minimum absolute atomic E-state index is 0.0388. The van der Waals surface area contributed by atoms with Crippen LogP contribution in [0.1, 0.15) is 28.2 Å². The Morgan fingerprint density at radius 3 is 2.75 bits per heavy atom. The Bertz CT molecular complexity index is 650. The van der Waals surface area contributed by atoms with Gasteiger partial charge < -0.3 is 9.63 Å². The van der Waals surface area contributed by atoms with Crippen molar-refractivity contribution in [1.29, 1.82) is 0 Å². The molecule has 2 N–H and O–H groups in total. The number of nitrogens with one attached hydrogen (secondary N) is 1. The summed E-state index contributed by atoms with van der Waals surface area (Å²) in [6.45, 7) is 1.70. The Labute approximate surface area is 115 Å². The van der Waals surface area contributed by atoms with Crippen molar-refractivity contribution in [3.63, 3.8) is 0 Å². The Morgan fingerprint density at radius 1 is 1.40 bits per heavy atom. The Morgan fingerprint density at radius 2 is 2.15 bits per heavy atom. The molecular formula is C14H13N3O3. The first kappa shape index (κ1) is 13.8. The van der Waals surface area contributed by atoms with E-state index in [1.54, 1.807) is 31.2 Å². The van der Waals surface area contributed by atoms with Gasteiger partial charge in [-0.05, 0) is 31.2 Å². The number of aryl methyl sites for hydroxylation is 1. The molecule has 0 radical (unpaired) electrons. The van der Waals surface area contributed by atoms with Gasteiger partial charge in [-0.25, -0.2) is 0 Å². The number of nitrogens with zero attached hydrogens (tertiary/aromatic N) is 2. The summed E-state index contributed by atoms with van der Waals surface area (Å²) in [5.74, 6) is 5.81. The van der Waals surface area contributed by atoms with Crippen LogP contribution in [0.4, 0.5) is 6.01 Å². The van der Waals surface area contributed by atoms with Crippen LogP contribution in [-0.4, -0.2) is 27.8 Å². The molecule has 0 spiro atoms. The Kier molecular flexibility index (Phi) is 4.47. The van der Waals surface area contributed by atoms with Crippen LogP contribution in [0.25, 0.3) is 0 Å². The summed E-state index contributed by atoms with van der Waals surface area (Å²) in [6.07, 6.45) is 0.429. The number of aromatic nitrogens is 2. The molecule has 1 heterocycles. The minimum Gasteiger partial charge on any atom is -0.395 e. The lowest BCUT2D eigenvalue weighted by molar-refractivity contribution is 0.102. The third-order valence-electron chi connectivity index (χ3n) is 2.36. The molecule has 0 saturated carbocycles. The molecule has 0 aliphatic carbocycles. The van der Waals surface area contributed by atoms with E-state index in [0.29, 0.717) is 17.8 Å². The number of hydrogen-bond acceptors (Lipinski definition) is 5. The van der Waals surface area contributed by atoms with Gasteiger partial charge in [-0.1, -0.05) is 17.0 Å². The average Bonchev–Trinajstić information content (AvgIpc) is 2.85. The van der Waals surface area contributed by atoms with Gasteiger partial charge in [0.25, 0.3) is 5.91 Å². The number of carbonyl (C=O) groups is 1. The third-order valence-corrected chi connectivity index (χ3v) is 2.36. The second-order valence-electron chi connectivity index (χ2n) is 3.95. The molecule has 0 unspecified atom stereocenters. The van der Waals surface area contributed by atoms with Crippen LogP contribution in [0, 0.1) is 18.8 Å². The molecule has 0 aliphatic rings. The van der Waals surface area contributed by atoms with E-state index in [1.807, 2.05) is 0 Å². The normalized spacial score (nSPS) is 9.70. The molecule has 102 valence electrons. The number of hydrogen-bond donors (Lipinski definition) is 2. The van der Waals surface area contributed by atoms with Gasteiger partial charge in [-0.3, -0.25) is 10.1 Å². The lowest BCUT2D eigenvalue weighted by Gasteiger charge is -2.00. The first-order chi connectivity index (χ1) is 9.69. The highest BCUT2D eigenvalue weighted by Crippen LogP contribution is 2.08. The van der Waals surface area contributed by atoms with Crippen LogP contribution in [0.2, 0.25) is 0 Å². The van der Waals surface area contributed by atoms with E-state index in [9.17, 15) is 4.79 Å². The highest BCUT2D eigenvalue weighted by molar-refractivity contribution is 6.03. The lowest BCUT2D eigenvalue weighted by atomic mass is 10.1. The number of anilines is 1. The first-order valence-electron chi connectivity index (χ1n) is 6.00. The molecule has 6 heteroatoms. The van der Waals surface area contributed by atoms with Crippen molar-refractivity contribution in [1.82, 2.24) is 10.1 Å². The standard InChI is InChI=1S/C14H13N3O3/c1-10-15-14(20-17-10)16-13(19)12-7-5-11(6-8-12)4-2-3-9-18/h5-8,18H,3,9H2,1H3,(H,15,16,17,19). The Balaban J connectivity index is 2.02. The quantitative estimate of drug-likeness (QED) is 0.823. The second kappa shape index (κ2) is 6.50. The number of aliphatic hydroxyl groups excluding tert-OH is 1. The van der Waals surface area contributed by atoms with Gasteiger partial charge in [0.15, 0.2) is 5.82 Å². The maximum Gasteiger partial charge on any atom is 0.328 e. The van der Waals surface area contributed by atoms with E-state index in [4.69, 9.17) is 9.63 Å². The van der Waals surface area contributed by atoms with E-state index in [1.165, 1.54) is 0 Å². The van der Waals surface area contributed by atoms with Gasteiger partial charge in [-0.2, -0.15) is 4.98 Å². The number of amides is 1. The molecule has 2 rings (SSSR count). The maximum absolute atomic E-state index is 11.9. The van der Waals surface area contributed by atoms with Crippen molar-refractivity contribution in [3.05, 3.63) is 41.2 Å². The first-order valence-corrected chi connectivity index (χ1v) is 6.00. The average molecular weight is 271 g/mol. The predicted molar refractivity (Wildman–Crippen MR) is 72.0 cm³/mol. The molecule has 0 bridgehead atoms. The summed E-state index contributed by atoms with van der Waals surface area (Å²) >= 11 is 0. The zero-order chi connectivity index (χ0) is 14.4. The highest BCUT2D eigenvalue weighted by Gasteiger charge is 2.09. The van der Waals surface area contributed by atoms with E-state index in [-0.39, 0.29) is 18.5 Å². The fourth-order valence-corrected chi connectivity index (χ4v) is 1.44.